The first-order valence-electron chi connectivity index (χ1n) is 11.5. The van der Waals surface area contributed by atoms with Gasteiger partial charge in [0.15, 0.2) is 11.4 Å². The number of rotatable bonds is 3. The number of carbonyl (C=O) groups is 3. The van der Waals surface area contributed by atoms with E-state index in [2.05, 4.69) is 5.32 Å². The van der Waals surface area contributed by atoms with Crippen molar-refractivity contribution in [3.8, 4) is 5.75 Å². The van der Waals surface area contributed by atoms with E-state index in [0.29, 0.717) is 12.3 Å². The molecule has 4 aliphatic rings. The molecule has 9 nitrogen and oxygen atoms in total. The Balaban J connectivity index is 0.000000871. The van der Waals surface area contributed by atoms with Crippen molar-refractivity contribution in [2.75, 3.05) is 14.1 Å². The molecule has 3 atom stereocenters. The Morgan fingerprint density at radius 1 is 1.18 bits per heavy atom. The molecule has 4 aliphatic carbocycles. The fourth-order valence-electron chi connectivity index (χ4n) is 5.51. The van der Waals surface area contributed by atoms with E-state index in [1.54, 1.807) is 0 Å². The summed E-state index contributed by atoms with van der Waals surface area (Å²) >= 11 is 0. The summed E-state index contributed by atoms with van der Waals surface area (Å²) in [5.41, 5.74) is 3.74. The molecule has 1 amide bonds. The Bertz CT molecular complexity index is 1160. The number of carbonyl (C=O) groups excluding carboxylic acids is 3. The number of hydrogen-bond acceptors (Lipinski definition) is 8. The van der Waals surface area contributed by atoms with E-state index in [4.69, 9.17) is 5.73 Å². The second kappa shape index (κ2) is 8.56. The van der Waals surface area contributed by atoms with E-state index >= 15 is 0 Å². The maximum atomic E-state index is 13.4. The topological polar surface area (TPSA) is 170 Å². The summed E-state index contributed by atoms with van der Waals surface area (Å²) in [4.78, 5) is 37.4. The first kappa shape index (κ1) is 24.0. The molecule has 9 heteroatoms. The highest BCUT2D eigenvalue weighted by molar-refractivity contribution is 6.22. The molecule has 0 bridgehead atoms. The molecule has 0 heterocycles. The van der Waals surface area contributed by atoms with E-state index < -0.39 is 52.0 Å². The van der Waals surface area contributed by atoms with Crippen molar-refractivity contribution in [2.45, 2.75) is 44.1 Å². The van der Waals surface area contributed by atoms with Gasteiger partial charge in [-0.1, -0.05) is 6.07 Å². The largest absolute Gasteiger partial charge is 0.508 e. The number of nitrogens with one attached hydrogen (secondary N) is 1. The Morgan fingerprint density at radius 3 is 2.41 bits per heavy atom. The highest BCUT2D eigenvalue weighted by Crippen LogP contribution is 2.52. The van der Waals surface area contributed by atoms with Gasteiger partial charge in [-0.05, 0) is 75.2 Å². The number of hydrogen-bond donors (Lipinski definition) is 6. The number of ketones is 2. The van der Waals surface area contributed by atoms with Crippen molar-refractivity contribution in [1.29, 1.82) is 0 Å². The average Bonchev–Trinajstić information content (AvgIpc) is 3.57. The smallest absolute Gasteiger partial charge is 0.255 e. The number of fused-ring (bicyclic) bond motifs is 3. The average molecular weight is 475 g/mol. The lowest BCUT2D eigenvalue weighted by molar-refractivity contribution is -0.147. The summed E-state index contributed by atoms with van der Waals surface area (Å²) in [6.07, 6.45) is 3.30. The van der Waals surface area contributed by atoms with Gasteiger partial charge in [-0.2, -0.15) is 0 Å². The molecule has 0 aromatic heterocycles. The number of Topliss-reactive ketones (excluding diaryl/α,β-unsaturated/α-hetero) is 2. The molecule has 1 aromatic rings. The van der Waals surface area contributed by atoms with Gasteiger partial charge in [-0.25, -0.2) is 0 Å². The van der Waals surface area contributed by atoms with Gasteiger partial charge >= 0.3 is 0 Å². The van der Waals surface area contributed by atoms with Gasteiger partial charge < -0.3 is 31.5 Å². The van der Waals surface area contributed by atoms with Gasteiger partial charge in [-0.15, -0.1) is 0 Å². The van der Waals surface area contributed by atoms with Crippen LogP contribution in [0.3, 0.4) is 0 Å². The summed E-state index contributed by atoms with van der Waals surface area (Å²) in [7, 11) is 3.75. The third kappa shape index (κ3) is 3.59. The molecule has 0 spiro atoms. The van der Waals surface area contributed by atoms with Crippen LogP contribution in [0.4, 0.5) is 0 Å². The molecule has 2 unspecified atom stereocenters. The lowest BCUT2D eigenvalue weighted by Crippen LogP contribution is -2.58. The second-order valence-electron chi connectivity index (χ2n) is 9.65. The summed E-state index contributed by atoms with van der Waals surface area (Å²) in [6, 6.07) is 3.32. The minimum atomic E-state index is -2.52. The molecular weight excluding hydrogens is 440 g/mol. The number of primary amides is 1. The van der Waals surface area contributed by atoms with Crippen LogP contribution in [0.1, 0.15) is 45.2 Å². The van der Waals surface area contributed by atoms with Crippen LogP contribution in [-0.4, -0.2) is 57.6 Å². The van der Waals surface area contributed by atoms with E-state index in [1.807, 2.05) is 20.2 Å². The molecule has 0 aliphatic heterocycles. The first-order valence-corrected chi connectivity index (χ1v) is 11.5. The minimum absolute atomic E-state index is 0. The molecular formula is C25H34N2O7. The number of nitrogens with two attached hydrogens (primary N) is 1. The van der Waals surface area contributed by atoms with E-state index in [-0.39, 0.29) is 32.6 Å². The van der Waals surface area contributed by atoms with Crippen LogP contribution in [0, 0.1) is 17.8 Å². The molecule has 2 fully saturated rings. The van der Waals surface area contributed by atoms with Crippen LogP contribution in [0.25, 0.3) is 5.76 Å². The maximum absolute atomic E-state index is 13.4. The summed E-state index contributed by atoms with van der Waals surface area (Å²) in [5.74, 6) is -5.41. The van der Waals surface area contributed by atoms with E-state index in [9.17, 15) is 34.8 Å². The van der Waals surface area contributed by atoms with Gasteiger partial charge in [0, 0.05) is 20.8 Å². The Kier molecular flexibility index (Phi) is 6.03. The van der Waals surface area contributed by atoms with Crippen LogP contribution < -0.4 is 11.1 Å². The standard InChI is InChI=1S/C23H23NO7.C2H7N.2H2/c24-22(30)18-15(26)8-12-6-11-7-13-10(5-9-1-2-9)3-4-14(25)17(13)19(27)16(11)20(28)23(12,31)21(18)29;1-3-2;;/h3-4,9,11-12,25,27,29,31H,1-2,5-8H2,(H2,24,30);3H,1-2H3;2*1H/t11?,12?,23-;;;/m0.../s1. The zero-order chi connectivity index (χ0) is 24.9. The van der Waals surface area contributed by atoms with Crippen LogP contribution >= 0.6 is 0 Å². The summed E-state index contributed by atoms with van der Waals surface area (Å²) in [6.45, 7) is 0. The van der Waals surface area contributed by atoms with Crippen molar-refractivity contribution in [3.05, 3.63) is 45.7 Å². The number of aliphatic hydroxyl groups excluding tert-OH is 2. The number of amides is 1. The molecule has 2 saturated carbocycles. The number of phenols is 1. The lowest BCUT2D eigenvalue weighted by atomic mass is 9.59. The highest BCUT2D eigenvalue weighted by atomic mass is 16.3. The van der Waals surface area contributed by atoms with Crippen molar-refractivity contribution < 1.29 is 37.7 Å². The highest BCUT2D eigenvalue weighted by Gasteiger charge is 2.60. The van der Waals surface area contributed by atoms with Gasteiger partial charge in [0.1, 0.15) is 22.8 Å². The summed E-state index contributed by atoms with van der Waals surface area (Å²) < 4.78 is 0. The van der Waals surface area contributed by atoms with E-state index in [0.717, 1.165) is 30.4 Å². The van der Waals surface area contributed by atoms with Crippen LogP contribution in [0.2, 0.25) is 0 Å². The third-order valence-electron chi connectivity index (χ3n) is 7.25. The van der Waals surface area contributed by atoms with Crippen LogP contribution in [0.5, 0.6) is 5.75 Å². The first-order chi connectivity index (χ1) is 16.1. The Morgan fingerprint density at radius 2 is 1.82 bits per heavy atom. The number of aliphatic hydroxyl groups is 3. The van der Waals surface area contributed by atoms with Crippen molar-refractivity contribution >= 4 is 23.2 Å². The Labute approximate surface area is 199 Å². The van der Waals surface area contributed by atoms with Gasteiger partial charge in [0.2, 0.25) is 5.78 Å². The fourth-order valence-corrected chi connectivity index (χ4v) is 5.51. The lowest BCUT2D eigenvalue weighted by Gasteiger charge is -2.46. The molecule has 0 saturated heterocycles. The monoisotopic (exact) mass is 474 g/mol. The SMILES string of the molecule is CNC.NC(=O)C1=C(O)[C@@]2(O)C(=O)C3=C(O)c4c(O)ccc(CC5CC5)c4CC3CC2CC1=O.[HH].[HH]. The second-order valence-corrected chi connectivity index (χ2v) is 9.65. The minimum Gasteiger partial charge on any atom is -0.508 e. The molecule has 186 valence electrons. The molecule has 7 N–H and O–H groups in total. The number of aromatic hydroxyl groups is 1. The van der Waals surface area contributed by atoms with Crippen LogP contribution in [-0.2, 0) is 27.2 Å². The van der Waals surface area contributed by atoms with Gasteiger partial charge in [0.25, 0.3) is 5.91 Å². The van der Waals surface area contributed by atoms with E-state index in [1.165, 1.54) is 6.07 Å². The number of benzene rings is 1. The van der Waals surface area contributed by atoms with Gasteiger partial charge in [0.05, 0.1) is 5.56 Å². The molecule has 34 heavy (non-hydrogen) atoms. The van der Waals surface area contributed by atoms with Crippen LogP contribution in [0.15, 0.2) is 29.0 Å². The zero-order valence-electron chi connectivity index (χ0n) is 19.2. The quantitative estimate of drug-likeness (QED) is 0.360. The maximum Gasteiger partial charge on any atom is 0.255 e. The normalized spacial score (nSPS) is 28.0. The van der Waals surface area contributed by atoms with Crippen molar-refractivity contribution in [1.82, 2.24) is 5.32 Å². The van der Waals surface area contributed by atoms with Gasteiger partial charge in [-0.3, -0.25) is 14.4 Å². The zero-order valence-corrected chi connectivity index (χ0v) is 19.2. The molecule has 1 aromatic carbocycles. The fraction of sp³-hybridized carbons (Fsp3) is 0.480. The summed E-state index contributed by atoms with van der Waals surface area (Å²) in [5, 5.41) is 46.0. The Hall–Kier alpha value is -3.17. The van der Waals surface area contributed by atoms with Crippen molar-refractivity contribution in [3.63, 3.8) is 0 Å². The molecule has 0 radical (unpaired) electrons. The molecule has 5 rings (SSSR count). The third-order valence-corrected chi connectivity index (χ3v) is 7.25. The van der Waals surface area contributed by atoms with Crippen molar-refractivity contribution in [2.24, 2.45) is 23.5 Å². The predicted octanol–water partition coefficient (Wildman–Crippen LogP) is 1.70. The predicted molar refractivity (Wildman–Crippen MR) is 127 cm³/mol. The number of phenolic OH excluding ortho intramolecular Hbond substituents is 1.